The second kappa shape index (κ2) is 10.2. The van der Waals surface area contributed by atoms with Crippen LogP contribution in [0.25, 0.3) is 0 Å². The van der Waals surface area contributed by atoms with E-state index < -0.39 is 17.6 Å². The highest BCUT2D eigenvalue weighted by Gasteiger charge is 2.35. The molecular weight excluding hydrogens is 473 g/mol. The lowest BCUT2D eigenvalue weighted by Gasteiger charge is -2.38. The van der Waals surface area contributed by atoms with Crippen molar-refractivity contribution in [3.05, 3.63) is 92.7 Å². The van der Waals surface area contributed by atoms with Crippen LogP contribution in [0.2, 0.25) is 0 Å². The third-order valence-electron chi connectivity index (χ3n) is 6.31. The molecule has 0 saturated carbocycles. The van der Waals surface area contributed by atoms with Crippen molar-refractivity contribution in [3.63, 3.8) is 0 Å². The summed E-state index contributed by atoms with van der Waals surface area (Å²) in [5.41, 5.74) is 2.24. The zero-order valence-electron chi connectivity index (χ0n) is 19.6. The summed E-state index contributed by atoms with van der Waals surface area (Å²) >= 11 is 1.68. The molecule has 4 nitrogen and oxygen atoms in total. The van der Waals surface area contributed by atoms with Crippen LogP contribution in [0.4, 0.5) is 13.2 Å². The number of hydrogen-bond acceptors (Lipinski definition) is 3. The number of alkyl halides is 3. The maximum absolute atomic E-state index is 13.6. The molecule has 2 amide bonds. The highest BCUT2D eigenvalue weighted by atomic mass is 32.1. The fourth-order valence-electron chi connectivity index (χ4n) is 4.60. The standard InChI is InChI=1S/C27H27F3N2O2S/c1-3-13-31(26(34)19-8-6-9-20(16-19)27(28,29)30)17-24(33)32-14-11-23-22(12-15-35-23)25(32)21-10-5-4-7-18(21)2/h4-10,12,15-16,25H,3,11,13-14,17H2,1-2H3. The highest BCUT2D eigenvalue weighted by molar-refractivity contribution is 7.10. The Bertz CT molecular complexity index is 1220. The van der Waals surface area contributed by atoms with E-state index in [1.165, 1.54) is 21.9 Å². The molecule has 0 N–H and O–H groups in total. The summed E-state index contributed by atoms with van der Waals surface area (Å²) in [5.74, 6) is -0.796. The zero-order valence-corrected chi connectivity index (χ0v) is 20.5. The molecule has 2 heterocycles. The van der Waals surface area contributed by atoms with Crippen LogP contribution in [0.3, 0.4) is 0 Å². The predicted octanol–water partition coefficient (Wildman–Crippen LogP) is 6.10. The van der Waals surface area contributed by atoms with Crippen LogP contribution in [0.5, 0.6) is 0 Å². The normalized spacial score (nSPS) is 15.6. The third-order valence-corrected chi connectivity index (χ3v) is 7.31. The number of carbonyl (C=O) groups is 2. The first kappa shape index (κ1) is 25.0. The molecule has 2 aromatic carbocycles. The first-order valence-corrected chi connectivity index (χ1v) is 12.5. The van der Waals surface area contributed by atoms with E-state index in [9.17, 15) is 22.8 Å². The minimum absolute atomic E-state index is 0.0738. The summed E-state index contributed by atoms with van der Waals surface area (Å²) in [5, 5.41) is 2.03. The molecule has 4 rings (SSSR count). The number of fused-ring (bicyclic) bond motifs is 1. The molecule has 0 fully saturated rings. The number of hydrogen-bond donors (Lipinski definition) is 0. The summed E-state index contributed by atoms with van der Waals surface area (Å²) in [6, 6.07) is 14.1. The Labute approximate surface area is 207 Å². The van der Waals surface area contributed by atoms with Gasteiger partial charge in [-0.3, -0.25) is 9.59 Å². The summed E-state index contributed by atoms with van der Waals surface area (Å²) in [6.07, 6.45) is -3.24. The van der Waals surface area contributed by atoms with Gasteiger partial charge in [-0.15, -0.1) is 11.3 Å². The second-order valence-corrected chi connectivity index (χ2v) is 9.70. The molecule has 0 saturated heterocycles. The largest absolute Gasteiger partial charge is 0.416 e. The van der Waals surface area contributed by atoms with E-state index in [1.807, 2.05) is 49.6 Å². The fraction of sp³-hybridized carbons (Fsp3) is 0.333. The van der Waals surface area contributed by atoms with Crippen molar-refractivity contribution in [3.8, 4) is 0 Å². The summed E-state index contributed by atoms with van der Waals surface area (Å²) in [6.45, 7) is 4.48. The average Bonchev–Trinajstić information content (AvgIpc) is 3.32. The van der Waals surface area contributed by atoms with Gasteiger partial charge < -0.3 is 9.80 Å². The lowest BCUT2D eigenvalue weighted by molar-refractivity contribution is -0.137. The number of rotatable bonds is 6. The molecule has 8 heteroatoms. The minimum atomic E-state index is -4.55. The number of halogens is 3. The lowest BCUT2D eigenvalue weighted by Crippen LogP contribution is -2.47. The van der Waals surface area contributed by atoms with E-state index in [4.69, 9.17) is 0 Å². The maximum Gasteiger partial charge on any atom is 0.416 e. The van der Waals surface area contributed by atoms with Gasteiger partial charge in [0.25, 0.3) is 5.91 Å². The maximum atomic E-state index is 13.6. The molecule has 35 heavy (non-hydrogen) atoms. The first-order chi connectivity index (χ1) is 16.7. The van der Waals surface area contributed by atoms with Crippen molar-refractivity contribution in [2.45, 2.75) is 38.9 Å². The molecule has 1 atom stereocenters. The van der Waals surface area contributed by atoms with Crippen LogP contribution in [0.15, 0.2) is 60.0 Å². The lowest BCUT2D eigenvalue weighted by atomic mass is 9.90. The Kier molecular flexibility index (Phi) is 7.31. The summed E-state index contributed by atoms with van der Waals surface area (Å²) in [7, 11) is 0. The number of benzene rings is 2. The highest BCUT2D eigenvalue weighted by Crippen LogP contribution is 2.39. The van der Waals surface area contributed by atoms with Crippen LogP contribution < -0.4 is 0 Å². The summed E-state index contributed by atoms with van der Waals surface area (Å²) < 4.78 is 39.5. The van der Waals surface area contributed by atoms with Gasteiger partial charge in [-0.2, -0.15) is 13.2 Å². The fourth-order valence-corrected chi connectivity index (χ4v) is 5.51. The zero-order chi connectivity index (χ0) is 25.2. The van der Waals surface area contributed by atoms with Gasteiger partial charge in [0.2, 0.25) is 5.91 Å². The molecule has 0 spiro atoms. The monoisotopic (exact) mass is 500 g/mol. The Hall–Kier alpha value is -3.13. The van der Waals surface area contributed by atoms with E-state index in [-0.39, 0.29) is 30.6 Å². The van der Waals surface area contributed by atoms with E-state index in [1.54, 1.807) is 16.2 Å². The van der Waals surface area contributed by atoms with Gasteiger partial charge >= 0.3 is 6.18 Å². The van der Waals surface area contributed by atoms with Crippen molar-refractivity contribution in [1.29, 1.82) is 0 Å². The van der Waals surface area contributed by atoms with Crippen molar-refractivity contribution < 1.29 is 22.8 Å². The molecule has 1 aromatic heterocycles. The van der Waals surface area contributed by atoms with E-state index >= 15 is 0 Å². The number of nitrogens with zero attached hydrogens (tertiary/aromatic N) is 2. The van der Waals surface area contributed by atoms with Crippen LogP contribution in [0.1, 0.15) is 56.9 Å². The van der Waals surface area contributed by atoms with Gasteiger partial charge in [-0.25, -0.2) is 0 Å². The second-order valence-electron chi connectivity index (χ2n) is 8.70. The molecular formula is C27H27F3N2O2S. The van der Waals surface area contributed by atoms with E-state index in [0.29, 0.717) is 13.0 Å². The van der Waals surface area contributed by atoms with Crippen LogP contribution >= 0.6 is 11.3 Å². The molecule has 0 radical (unpaired) electrons. The molecule has 1 aliphatic heterocycles. The SMILES string of the molecule is CCCN(CC(=O)N1CCc2sccc2C1c1ccccc1C)C(=O)c1cccc(C(F)(F)F)c1. The van der Waals surface area contributed by atoms with Crippen LogP contribution in [-0.2, 0) is 17.4 Å². The minimum Gasteiger partial charge on any atom is -0.330 e. The number of carbonyl (C=O) groups excluding carboxylic acids is 2. The topological polar surface area (TPSA) is 40.6 Å². The quantitative estimate of drug-likeness (QED) is 0.410. The first-order valence-electron chi connectivity index (χ1n) is 11.6. The Morgan fingerprint density at radius 2 is 1.86 bits per heavy atom. The van der Waals surface area contributed by atoms with Gasteiger partial charge in [0.1, 0.15) is 6.54 Å². The predicted molar refractivity (Wildman–Crippen MR) is 130 cm³/mol. The Balaban J connectivity index is 1.62. The van der Waals surface area contributed by atoms with Crippen molar-refractivity contribution in [1.82, 2.24) is 9.80 Å². The van der Waals surface area contributed by atoms with Gasteiger partial charge in [-0.1, -0.05) is 37.3 Å². The molecule has 3 aromatic rings. The van der Waals surface area contributed by atoms with Gasteiger partial charge in [0.15, 0.2) is 0 Å². The molecule has 1 aliphatic rings. The van der Waals surface area contributed by atoms with Gasteiger partial charge in [0, 0.05) is 23.5 Å². The van der Waals surface area contributed by atoms with Gasteiger partial charge in [0.05, 0.1) is 11.6 Å². The van der Waals surface area contributed by atoms with Crippen LogP contribution in [0, 0.1) is 6.92 Å². The van der Waals surface area contributed by atoms with Crippen LogP contribution in [-0.4, -0.2) is 41.2 Å². The van der Waals surface area contributed by atoms with Crippen molar-refractivity contribution >= 4 is 23.2 Å². The summed E-state index contributed by atoms with van der Waals surface area (Å²) in [4.78, 5) is 31.2. The molecule has 1 unspecified atom stereocenters. The Morgan fingerprint density at radius 1 is 1.09 bits per heavy atom. The van der Waals surface area contributed by atoms with Gasteiger partial charge in [-0.05, 0) is 66.1 Å². The third kappa shape index (κ3) is 5.27. The number of amides is 2. The average molecular weight is 501 g/mol. The van der Waals surface area contributed by atoms with E-state index in [2.05, 4.69) is 0 Å². The van der Waals surface area contributed by atoms with E-state index in [0.717, 1.165) is 35.2 Å². The smallest absolute Gasteiger partial charge is 0.330 e. The molecule has 184 valence electrons. The molecule has 0 bridgehead atoms. The number of thiophene rings is 1. The van der Waals surface area contributed by atoms with Crippen molar-refractivity contribution in [2.75, 3.05) is 19.6 Å². The number of aryl methyl sites for hydroxylation is 1. The molecule has 0 aliphatic carbocycles. The van der Waals surface area contributed by atoms with Crippen molar-refractivity contribution in [2.24, 2.45) is 0 Å². The Morgan fingerprint density at radius 3 is 2.57 bits per heavy atom.